The van der Waals surface area contributed by atoms with Crippen LogP contribution in [0.4, 0.5) is 25.7 Å². The third kappa shape index (κ3) is 5.90. The normalized spacial score (nSPS) is 10.3. The number of urea groups is 1. The fraction of sp³-hybridized carbons (Fsp3) is 0.111. The molecule has 29 heavy (non-hydrogen) atoms. The predicted molar refractivity (Wildman–Crippen MR) is 110 cm³/mol. The summed E-state index contributed by atoms with van der Waals surface area (Å²) in [7, 11) is 1.57. The first kappa shape index (κ1) is 20.6. The largest absolute Gasteiger partial charge is 0.495 e. The van der Waals surface area contributed by atoms with Gasteiger partial charge in [-0.25, -0.2) is 9.18 Å². The zero-order valence-electron chi connectivity index (χ0n) is 15.1. The Morgan fingerprint density at radius 3 is 2.59 bits per heavy atom. The number of nitrogens with zero attached hydrogens (tertiary/aromatic N) is 2. The lowest BCUT2D eigenvalue weighted by Gasteiger charge is -2.07. The number of carbonyl (C=O) groups is 2. The molecule has 0 aliphatic heterocycles. The molecule has 11 heteroatoms. The maximum atomic E-state index is 13.5. The number of benzene rings is 2. The first-order valence-corrected chi connectivity index (χ1v) is 10.1. The molecular weight excluding hydrogens is 417 g/mol. The third-order valence-corrected chi connectivity index (χ3v) is 5.43. The second-order valence-corrected chi connectivity index (χ2v) is 7.67. The topological polar surface area (TPSA) is 105 Å². The number of halogens is 1. The van der Waals surface area contributed by atoms with E-state index in [-0.39, 0.29) is 11.4 Å². The average Bonchev–Trinajstić information content (AvgIpc) is 3.16. The number of anilines is 3. The fourth-order valence-corrected chi connectivity index (χ4v) is 3.75. The Hall–Kier alpha value is -3.18. The van der Waals surface area contributed by atoms with Gasteiger partial charge in [-0.15, -0.1) is 10.2 Å². The molecule has 0 aliphatic carbocycles. The Kier molecular flexibility index (Phi) is 6.98. The lowest BCUT2D eigenvalue weighted by atomic mass is 10.3. The van der Waals surface area contributed by atoms with Crippen LogP contribution in [0.3, 0.4) is 0 Å². The average molecular weight is 433 g/mol. The molecule has 3 amide bonds. The summed E-state index contributed by atoms with van der Waals surface area (Å²) in [5.74, 6) is -0.516. The second-order valence-electron chi connectivity index (χ2n) is 5.47. The molecule has 0 spiro atoms. The number of imide groups is 1. The molecule has 0 radical (unpaired) electrons. The van der Waals surface area contributed by atoms with Gasteiger partial charge in [0.1, 0.15) is 11.6 Å². The van der Waals surface area contributed by atoms with Gasteiger partial charge in [-0.2, -0.15) is 0 Å². The third-order valence-electron chi connectivity index (χ3n) is 3.46. The Morgan fingerprint density at radius 2 is 1.83 bits per heavy atom. The Morgan fingerprint density at radius 1 is 1.10 bits per heavy atom. The van der Waals surface area contributed by atoms with Crippen LogP contribution in [-0.4, -0.2) is 35.0 Å². The first-order valence-electron chi connectivity index (χ1n) is 8.27. The van der Waals surface area contributed by atoms with E-state index < -0.39 is 17.8 Å². The van der Waals surface area contributed by atoms with E-state index in [1.165, 1.54) is 29.5 Å². The lowest BCUT2D eigenvalue weighted by Crippen LogP contribution is -2.35. The molecular formula is C18H16FN5O3S2. The highest BCUT2D eigenvalue weighted by atomic mass is 32.2. The van der Waals surface area contributed by atoms with Crippen LogP contribution >= 0.6 is 23.1 Å². The smallest absolute Gasteiger partial charge is 0.325 e. The SMILES string of the molecule is COc1ccccc1Nc1nnc(SCC(=O)NC(=O)Nc2ccccc2F)s1. The zero-order valence-corrected chi connectivity index (χ0v) is 16.8. The van der Waals surface area contributed by atoms with Crippen molar-refractivity contribution in [3.05, 3.63) is 54.3 Å². The van der Waals surface area contributed by atoms with Crippen molar-refractivity contribution in [2.45, 2.75) is 4.34 Å². The summed E-state index contributed by atoms with van der Waals surface area (Å²) in [6.45, 7) is 0. The second kappa shape index (κ2) is 9.85. The van der Waals surface area contributed by atoms with Crippen molar-refractivity contribution < 1.29 is 18.7 Å². The summed E-state index contributed by atoms with van der Waals surface area (Å²) in [6, 6.07) is 12.2. The first-order chi connectivity index (χ1) is 14.0. The fourth-order valence-electron chi connectivity index (χ4n) is 2.19. The molecule has 0 saturated carbocycles. The Labute approximate surface area is 173 Å². The number of amides is 3. The molecule has 0 saturated heterocycles. The molecule has 0 atom stereocenters. The van der Waals surface area contributed by atoms with Crippen LogP contribution in [0.15, 0.2) is 52.9 Å². The van der Waals surface area contributed by atoms with Crippen molar-refractivity contribution in [1.82, 2.24) is 15.5 Å². The minimum absolute atomic E-state index is 0.0124. The highest BCUT2D eigenvalue weighted by Crippen LogP contribution is 2.31. The van der Waals surface area contributed by atoms with Crippen LogP contribution in [0, 0.1) is 5.82 Å². The van der Waals surface area contributed by atoms with Crippen LogP contribution in [0.2, 0.25) is 0 Å². The molecule has 1 heterocycles. The summed E-state index contributed by atoms with van der Waals surface area (Å²) in [4.78, 5) is 23.7. The number of hydrogen-bond donors (Lipinski definition) is 3. The minimum atomic E-state index is -0.809. The van der Waals surface area contributed by atoms with Gasteiger partial charge in [-0.3, -0.25) is 10.1 Å². The molecule has 0 bridgehead atoms. The molecule has 0 unspecified atom stereocenters. The number of nitrogens with one attached hydrogen (secondary N) is 3. The molecule has 150 valence electrons. The summed E-state index contributed by atoms with van der Waals surface area (Å²) in [6.07, 6.45) is 0. The highest BCUT2D eigenvalue weighted by Gasteiger charge is 2.13. The van der Waals surface area contributed by atoms with Crippen molar-refractivity contribution >= 4 is 51.5 Å². The van der Waals surface area contributed by atoms with E-state index in [4.69, 9.17) is 4.74 Å². The molecule has 8 nitrogen and oxygen atoms in total. The molecule has 2 aromatic carbocycles. The molecule has 3 N–H and O–H groups in total. The molecule has 0 fully saturated rings. The summed E-state index contributed by atoms with van der Waals surface area (Å²) in [5.41, 5.74) is 0.729. The van der Waals surface area contributed by atoms with Crippen LogP contribution in [0.1, 0.15) is 0 Å². The van der Waals surface area contributed by atoms with Gasteiger partial charge in [0.15, 0.2) is 4.34 Å². The van der Waals surface area contributed by atoms with Crippen LogP contribution in [0.5, 0.6) is 5.75 Å². The van der Waals surface area contributed by atoms with E-state index in [1.54, 1.807) is 13.2 Å². The van der Waals surface area contributed by atoms with E-state index >= 15 is 0 Å². The van der Waals surface area contributed by atoms with Crippen molar-refractivity contribution in [3.8, 4) is 5.75 Å². The van der Waals surface area contributed by atoms with Crippen LogP contribution < -0.4 is 20.7 Å². The number of methoxy groups -OCH3 is 1. The predicted octanol–water partition coefficient (Wildman–Crippen LogP) is 3.87. The van der Waals surface area contributed by atoms with Gasteiger partial charge in [0.05, 0.1) is 24.2 Å². The van der Waals surface area contributed by atoms with E-state index in [1.807, 2.05) is 24.3 Å². The standard InChI is InChI=1S/C18H16FN5O3S2/c1-27-14-9-5-4-8-13(14)21-17-23-24-18(29-17)28-10-15(25)22-16(26)20-12-7-3-2-6-11(12)19/h2-9H,10H2,1H3,(H,21,23)(H2,20,22,25,26). The molecule has 3 rings (SSSR count). The number of aromatic nitrogens is 2. The van der Waals surface area contributed by atoms with Gasteiger partial charge in [0.2, 0.25) is 11.0 Å². The van der Waals surface area contributed by atoms with Crippen molar-refractivity contribution in [1.29, 1.82) is 0 Å². The quantitative estimate of drug-likeness (QED) is 0.486. The minimum Gasteiger partial charge on any atom is -0.495 e. The molecule has 3 aromatic rings. The Bertz CT molecular complexity index is 1010. The van der Waals surface area contributed by atoms with Crippen LogP contribution in [-0.2, 0) is 4.79 Å². The number of para-hydroxylation sites is 3. The number of hydrogen-bond acceptors (Lipinski definition) is 8. The van der Waals surface area contributed by atoms with E-state index in [9.17, 15) is 14.0 Å². The summed E-state index contributed by atoms with van der Waals surface area (Å²) < 4.78 is 19.3. The van der Waals surface area contributed by atoms with Gasteiger partial charge < -0.3 is 15.4 Å². The van der Waals surface area contributed by atoms with Gasteiger partial charge in [-0.1, -0.05) is 47.4 Å². The molecule has 1 aromatic heterocycles. The zero-order chi connectivity index (χ0) is 20.6. The van der Waals surface area contributed by atoms with E-state index in [2.05, 4.69) is 26.1 Å². The highest BCUT2D eigenvalue weighted by molar-refractivity contribution is 8.01. The van der Waals surface area contributed by atoms with Crippen molar-refractivity contribution in [2.75, 3.05) is 23.5 Å². The number of carbonyl (C=O) groups excluding carboxylic acids is 2. The summed E-state index contributed by atoms with van der Waals surface area (Å²) in [5, 5.41) is 16.1. The maximum absolute atomic E-state index is 13.5. The van der Waals surface area contributed by atoms with Crippen LogP contribution in [0.25, 0.3) is 0 Å². The van der Waals surface area contributed by atoms with Gasteiger partial charge in [-0.05, 0) is 24.3 Å². The number of rotatable bonds is 7. The lowest BCUT2D eigenvalue weighted by molar-refractivity contribution is -0.117. The van der Waals surface area contributed by atoms with Gasteiger partial charge in [0.25, 0.3) is 0 Å². The van der Waals surface area contributed by atoms with Gasteiger partial charge in [0, 0.05) is 0 Å². The van der Waals surface area contributed by atoms with Crippen molar-refractivity contribution in [2.24, 2.45) is 0 Å². The summed E-state index contributed by atoms with van der Waals surface area (Å²) >= 11 is 2.39. The monoisotopic (exact) mass is 433 g/mol. The number of ether oxygens (including phenoxy) is 1. The Balaban J connectivity index is 1.48. The van der Waals surface area contributed by atoms with E-state index in [0.29, 0.717) is 15.2 Å². The van der Waals surface area contributed by atoms with E-state index in [0.717, 1.165) is 17.4 Å². The number of thioether (sulfide) groups is 1. The molecule has 0 aliphatic rings. The maximum Gasteiger partial charge on any atom is 0.325 e. The van der Waals surface area contributed by atoms with Crippen molar-refractivity contribution in [3.63, 3.8) is 0 Å². The van der Waals surface area contributed by atoms with Gasteiger partial charge >= 0.3 is 6.03 Å².